The molecular weight excluding hydrogens is 324 g/mol. The highest BCUT2D eigenvalue weighted by molar-refractivity contribution is 9.11. The second kappa shape index (κ2) is 5.69. The molecule has 2 aromatic rings. The zero-order valence-electron chi connectivity index (χ0n) is 10.4. The van der Waals surface area contributed by atoms with Crippen LogP contribution < -0.4 is 0 Å². The molecule has 3 nitrogen and oxygen atoms in total. The Bertz CT molecular complexity index is 564. The molecule has 1 fully saturated rings. The number of hydrogen-bond donors (Lipinski definition) is 1. The summed E-state index contributed by atoms with van der Waals surface area (Å²) < 4.78 is 1.11. The molecule has 0 atom stereocenters. The van der Waals surface area contributed by atoms with Gasteiger partial charge in [-0.25, -0.2) is 9.97 Å². The molecule has 100 valence electrons. The lowest BCUT2D eigenvalue weighted by atomic mass is 9.87. The first kappa shape index (κ1) is 13.2. The van der Waals surface area contributed by atoms with E-state index in [9.17, 15) is 5.11 Å². The van der Waals surface area contributed by atoms with Crippen LogP contribution in [-0.2, 0) is 0 Å². The van der Waals surface area contributed by atoms with Crippen LogP contribution in [0.25, 0.3) is 10.6 Å². The van der Waals surface area contributed by atoms with Crippen LogP contribution in [0.1, 0.15) is 37.4 Å². The Morgan fingerprint density at radius 3 is 2.63 bits per heavy atom. The predicted molar refractivity (Wildman–Crippen MR) is 80.3 cm³/mol. The van der Waals surface area contributed by atoms with Crippen LogP contribution in [0.3, 0.4) is 0 Å². The highest BCUT2D eigenvalue weighted by Gasteiger charge is 2.23. The normalized spacial score (nSPS) is 23.5. The maximum absolute atomic E-state index is 9.56. The first-order valence-corrected chi connectivity index (χ1v) is 8.10. The van der Waals surface area contributed by atoms with Crippen molar-refractivity contribution in [3.63, 3.8) is 0 Å². The molecule has 1 aliphatic carbocycles. The van der Waals surface area contributed by atoms with E-state index in [-0.39, 0.29) is 6.10 Å². The molecule has 0 aromatic carbocycles. The van der Waals surface area contributed by atoms with E-state index in [2.05, 4.69) is 27.0 Å². The van der Waals surface area contributed by atoms with E-state index >= 15 is 0 Å². The summed E-state index contributed by atoms with van der Waals surface area (Å²) in [7, 11) is 0. The third-order valence-electron chi connectivity index (χ3n) is 3.56. The number of nitrogens with zero attached hydrogens (tertiary/aromatic N) is 2. The van der Waals surface area contributed by atoms with Gasteiger partial charge in [0.05, 0.1) is 20.5 Å². The smallest absolute Gasteiger partial charge is 0.132 e. The van der Waals surface area contributed by atoms with Crippen molar-refractivity contribution in [1.82, 2.24) is 9.97 Å². The number of thiophene rings is 1. The van der Waals surface area contributed by atoms with Crippen molar-refractivity contribution in [3.05, 3.63) is 34.0 Å². The lowest BCUT2D eigenvalue weighted by Gasteiger charge is -2.24. The molecule has 0 radical (unpaired) electrons. The highest BCUT2D eigenvalue weighted by atomic mass is 79.9. The summed E-state index contributed by atoms with van der Waals surface area (Å²) in [6, 6.07) is 6.07. The van der Waals surface area contributed by atoms with Crippen LogP contribution in [0.2, 0.25) is 0 Å². The molecule has 1 aliphatic rings. The lowest BCUT2D eigenvalue weighted by molar-refractivity contribution is 0.121. The fourth-order valence-electron chi connectivity index (χ4n) is 2.49. The second-order valence-electron chi connectivity index (χ2n) is 4.91. The predicted octanol–water partition coefficient (Wildman–Crippen LogP) is 3.99. The third-order valence-corrected chi connectivity index (χ3v) is 5.21. The van der Waals surface area contributed by atoms with Gasteiger partial charge in [0, 0.05) is 12.1 Å². The van der Waals surface area contributed by atoms with Gasteiger partial charge in [-0.1, -0.05) is 0 Å². The van der Waals surface area contributed by atoms with E-state index < -0.39 is 0 Å². The van der Waals surface area contributed by atoms with E-state index in [4.69, 9.17) is 4.98 Å². The van der Waals surface area contributed by atoms with Crippen LogP contribution in [0.5, 0.6) is 0 Å². The molecule has 5 heteroatoms. The van der Waals surface area contributed by atoms with Crippen LogP contribution in [0.15, 0.2) is 28.2 Å². The van der Waals surface area contributed by atoms with Gasteiger partial charge in [0.15, 0.2) is 0 Å². The maximum atomic E-state index is 9.56. The first-order valence-electron chi connectivity index (χ1n) is 6.49. The van der Waals surface area contributed by atoms with Crippen LogP contribution in [0, 0.1) is 0 Å². The number of hydrogen-bond acceptors (Lipinski definition) is 4. The van der Waals surface area contributed by atoms with Gasteiger partial charge >= 0.3 is 0 Å². The topological polar surface area (TPSA) is 46.0 Å². The highest BCUT2D eigenvalue weighted by Crippen LogP contribution is 2.33. The quantitative estimate of drug-likeness (QED) is 0.900. The Morgan fingerprint density at radius 2 is 1.95 bits per heavy atom. The monoisotopic (exact) mass is 338 g/mol. The zero-order chi connectivity index (χ0) is 13.2. The summed E-state index contributed by atoms with van der Waals surface area (Å²) in [5, 5.41) is 9.56. The van der Waals surface area contributed by atoms with E-state index in [0.29, 0.717) is 5.92 Å². The molecule has 0 spiro atoms. The van der Waals surface area contributed by atoms with Crippen molar-refractivity contribution in [2.24, 2.45) is 0 Å². The Kier molecular flexibility index (Phi) is 3.96. The molecule has 1 saturated carbocycles. The molecule has 0 unspecified atom stereocenters. The summed E-state index contributed by atoms with van der Waals surface area (Å²) in [5.41, 5.74) is 0.992. The van der Waals surface area contributed by atoms with Gasteiger partial charge in [0.2, 0.25) is 0 Å². The second-order valence-corrected chi connectivity index (χ2v) is 7.37. The van der Waals surface area contributed by atoms with Crippen molar-refractivity contribution in [2.45, 2.75) is 37.7 Å². The number of rotatable bonds is 2. The molecule has 2 aromatic heterocycles. The minimum atomic E-state index is -0.132. The van der Waals surface area contributed by atoms with Crippen LogP contribution in [0.4, 0.5) is 0 Å². The van der Waals surface area contributed by atoms with Gasteiger partial charge in [0.1, 0.15) is 5.82 Å². The minimum Gasteiger partial charge on any atom is -0.393 e. The SMILES string of the molecule is OC1CCC(c2nccc(-c3ccc(Br)s3)n2)CC1. The van der Waals surface area contributed by atoms with Crippen LogP contribution >= 0.6 is 27.3 Å². The summed E-state index contributed by atoms with van der Waals surface area (Å²) in [6.45, 7) is 0. The van der Waals surface area contributed by atoms with Gasteiger partial charge < -0.3 is 5.11 Å². The average Bonchev–Trinajstić information content (AvgIpc) is 2.86. The van der Waals surface area contributed by atoms with Gasteiger partial charge in [-0.05, 0) is 59.8 Å². The molecule has 1 N–H and O–H groups in total. The molecular formula is C14H15BrN2OS. The number of halogens is 1. The lowest BCUT2D eigenvalue weighted by Crippen LogP contribution is -2.18. The van der Waals surface area contributed by atoms with Crippen LogP contribution in [-0.4, -0.2) is 21.2 Å². The number of aliphatic hydroxyl groups excluding tert-OH is 1. The largest absolute Gasteiger partial charge is 0.393 e. The average molecular weight is 339 g/mol. The van der Waals surface area contributed by atoms with Gasteiger partial charge in [-0.15, -0.1) is 11.3 Å². The van der Waals surface area contributed by atoms with Crippen molar-refractivity contribution in [3.8, 4) is 10.6 Å². The molecule has 19 heavy (non-hydrogen) atoms. The van der Waals surface area contributed by atoms with Gasteiger partial charge in [-0.3, -0.25) is 0 Å². The summed E-state index contributed by atoms with van der Waals surface area (Å²) in [4.78, 5) is 10.3. The molecule has 0 saturated heterocycles. The van der Waals surface area contributed by atoms with E-state index in [0.717, 1.165) is 45.9 Å². The van der Waals surface area contributed by atoms with E-state index in [1.165, 1.54) is 0 Å². The minimum absolute atomic E-state index is 0.132. The summed E-state index contributed by atoms with van der Waals surface area (Å²) in [6.07, 6.45) is 5.41. The Balaban J connectivity index is 1.84. The standard InChI is InChI=1S/C14H15BrN2OS/c15-13-6-5-12(19-13)11-7-8-16-14(17-11)9-1-3-10(18)4-2-9/h5-10,18H,1-4H2. The number of aliphatic hydroxyl groups is 1. The van der Waals surface area contributed by atoms with Crippen molar-refractivity contribution in [2.75, 3.05) is 0 Å². The Labute approximate surface area is 124 Å². The molecule has 0 bridgehead atoms. The molecule has 3 rings (SSSR count). The fraction of sp³-hybridized carbons (Fsp3) is 0.429. The van der Waals surface area contributed by atoms with E-state index in [1.807, 2.05) is 18.3 Å². The van der Waals surface area contributed by atoms with Gasteiger partial charge in [0.25, 0.3) is 0 Å². The zero-order valence-corrected chi connectivity index (χ0v) is 12.8. The molecule has 0 aliphatic heterocycles. The molecule has 2 heterocycles. The summed E-state index contributed by atoms with van der Waals surface area (Å²) in [5.74, 6) is 1.32. The number of aromatic nitrogens is 2. The molecule has 0 amide bonds. The van der Waals surface area contributed by atoms with Crippen molar-refractivity contribution >= 4 is 27.3 Å². The fourth-order valence-corrected chi connectivity index (χ4v) is 3.85. The van der Waals surface area contributed by atoms with Gasteiger partial charge in [-0.2, -0.15) is 0 Å². The maximum Gasteiger partial charge on any atom is 0.132 e. The third kappa shape index (κ3) is 3.04. The Morgan fingerprint density at radius 1 is 1.16 bits per heavy atom. The first-order chi connectivity index (χ1) is 9.22. The van der Waals surface area contributed by atoms with E-state index in [1.54, 1.807) is 11.3 Å². The van der Waals surface area contributed by atoms with Crippen molar-refractivity contribution < 1.29 is 5.11 Å². The van der Waals surface area contributed by atoms with Crippen molar-refractivity contribution in [1.29, 1.82) is 0 Å². The summed E-state index contributed by atoms with van der Waals surface area (Å²) >= 11 is 5.16. The Hall–Kier alpha value is -0.780.